The molecule has 32 heavy (non-hydrogen) atoms. The molecule has 0 atom stereocenters. The maximum atomic E-state index is 12.3. The maximum Gasteiger partial charge on any atom is 0.358 e. The molecule has 0 spiro atoms. The van der Waals surface area contributed by atoms with Gasteiger partial charge in [0.2, 0.25) is 0 Å². The van der Waals surface area contributed by atoms with Gasteiger partial charge in [-0.3, -0.25) is 0 Å². The number of carbonyl (C=O) groups excluding carboxylic acids is 1. The Morgan fingerprint density at radius 1 is 0.969 bits per heavy atom. The van der Waals surface area contributed by atoms with Crippen molar-refractivity contribution in [3.63, 3.8) is 0 Å². The van der Waals surface area contributed by atoms with Gasteiger partial charge in [-0.2, -0.15) is 5.10 Å². The lowest BCUT2D eigenvalue weighted by atomic mass is 9.87. The van der Waals surface area contributed by atoms with Crippen LogP contribution in [0.15, 0.2) is 36.4 Å². The second-order valence-electron chi connectivity index (χ2n) is 7.46. The molecule has 0 unspecified atom stereocenters. The molecule has 0 fully saturated rings. The van der Waals surface area contributed by atoms with Crippen LogP contribution in [-0.4, -0.2) is 48.2 Å². The lowest BCUT2D eigenvalue weighted by molar-refractivity contribution is 0.0592. The van der Waals surface area contributed by atoms with Gasteiger partial charge in [-0.25, -0.2) is 14.3 Å². The average molecular weight is 436 g/mol. The van der Waals surface area contributed by atoms with Crippen LogP contribution in [-0.2, 0) is 17.6 Å². The summed E-state index contributed by atoms with van der Waals surface area (Å²) in [6, 6.07) is 10.4. The molecule has 8 heteroatoms. The Kier molecular flexibility index (Phi) is 5.85. The molecule has 3 aromatic rings. The lowest BCUT2D eigenvalue weighted by Gasteiger charge is -2.23. The molecular formula is C24H24N2O6. The van der Waals surface area contributed by atoms with E-state index < -0.39 is 11.9 Å². The number of methoxy groups -OCH3 is 3. The predicted molar refractivity (Wildman–Crippen MR) is 117 cm³/mol. The number of aromatic carboxylic acids is 1. The largest absolute Gasteiger partial charge is 0.496 e. The normalized spacial score (nSPS) is 12.7. The number of carbonyl (C=O) groups is 2. The Balaban J connectivity index is 2.03. The second-order valence-corrected chi connectivity index (χ2v) is 7.46. The molecule has 2 aromatic carbocycles. The molecule has 0 bridgehead atoms. The minimum atomic E-state index is -0.947. The summed E-state index contributed by atoms with van der Waals surface area (Å²) in [5, 5.41) is 14.2. The number of carboxylic acids is 1. The van der Waals surface area contributed by atoms with Gasteiger partial charge >= 0.3 is 11.9 Å². The molecule has 1 aliphatic rings. The lowest BCUT2D eigenvalue weighted by Crippen LogP contribution is -2.15. The molecule has 1 aliphatic carbocycles. The first-order chi connectivity index (χ1) is 15.5. The molecule has 0 saturated carbocycles. The first kappa shape index (κ1) is 21.4. The van der Waals surface area contributed by atoms with Crippen LogP contribution in [0.3, 0.4) is 0 Å². The molecule has 166 valence electrons. The number of hydrogen-bond donors (Lipinski definition) is 1. The van der Waals surface area contributed by atoms with E-state index in [9.17, 15) is 14.7 Å². The quantitative estimate of drug-likeness (QED) is 0.585. The summed E-state index contributed by atoms with van der Waals surface area (Å²) < 4.78 is 17.7. The van der Waals surface area contributed by atoms with Gasteiger partial charge in [-0.05, 0) is 67.1 Å². The first-order valence-corrected chi connectivity index (χ1v) is 10.3. The number of benzene rings is 2. The zero-order chi connectivity index (χ0) is 22.8. The van der Waals surface area contributed by atoms with Gasteiger partial charge in [0, 0.05) is 0 Å². The van der Waals surface area contributed by atoms with Gasteiger partial charge in [0.25, 0.3) is 0 Å². The molecule has 1 aromatic heterocycles. The first-order valence-electron chi connectivity index (χ1n) is 10.3. The topological polar surface area (TPSA) is 99.9 Å². The predicted octanol–water partition coefficient (Wildman–Crippen LogP) is 3.92. The summed E-state index contributed by atoms with van der Waals surface area (Å²) in [7, 11) is 4.42. The molecule has 0 aliphatic heterocycles. The number of ether oxygens (including phenoxy) is 3. The smallest absolute Gasteiger partial charge is 0.358 e. The van der Waals surface area contributed by atoms with Crippen molar-refractivity contribution in [1.82, 2.24) is 9.78 Å². The summed E-state index contributed by atoms with van der Waals surface area (Å²) >= 11 is 0. The van der Waals surface area contributed by atoms with Crippen molar-refractivity contribution in [2.45, 2.75) is 25.7 Å². The Hall–Kier alpha value is -3.81. The van der Waals surface area contributed by atoms with E-state index in [4.69, 9.17) is 14.2 Å². The van der Waals surface area contributed by atoms with Crippen LogP contribution >= 0.6 is 0 Å². The van der Waals surface area contributed by atoms with E-state index in [0.717, 1.165) is 36.1 Å². The van der Waals surface area contributed by atoms with Crippen molar-refractivity contribution in [2.75, 3.05) is 21.3 Å². The Morgan fingerprint density at radius 3 is 2.22 bits per heavy atom. The highest BCUT2D eigenvalue weighted by Gasteiger charge is 2.26. The average Bonchev–Trinajstić information content (AvgIpc) is 3.26. The van der Waals surface area contributed by atoms with Crippen molar-refractivity contribution in [3.05, 3.63) is 58.8 Å². The van der Waals surface area contributed by atoms with Crippen LogP contribution in [0.4, 0.5) is 0 Å². The molecule has 0 amide bonds. The van der Waals surface area contributed by atoms with Crippen molar-refractivity contribution in [3.8, 4) is 28.4 Å². The third-order valence-corrected chi connectivity index (χ3v) is 5.76. The van der Waals surface area contributed by atoms with Gasteiger partial charge < -0.3 is 19.3 Å². The Labute approximate surface area is 185 Å². The summed E-state index contributed by atoms with van der Waals surface area (Å²) in [5.41, 5.74) is 4.10. The highest BCUT2D eigenvalue weighted by molar-refractivity contribution is 5.92. The molecule has 1 heterocycles. The van der Waals surface area contributed by atoms with E-state index in [0.29, 0.717) is 34.7 Å². The molecule has 4 rings (SSSR count). The summed E-state index contributed by atoms with van der Waals surface area (Å²) in [6.07, 6.45) is 3.28. The fraction of sp³-hybridized carbons (Fsp3) is 0.292. The molecule has 0 saturated heterocycles. The van der Waals surface area contributed by atoms with Gasteiger partial charge in [-0.1, -0.05) is 6.07 Å². The van der Waals surface area contributed by atoms with E-state index in [1.54, 1.807) is 49.2 Å². The van der Waals surface area contributed by atoms with Crippen molar-refractivity contribution >= 4 is 11.9 Å². The maximum absolute atomic E-state index is 12.3. The van der Waals surface area contributed by atoms with Crippen molar-refractivity contribution in [2.24, 2.45) is 0 Å². The SMILES string of the molecule is COC(=O)c1cc(-c2c(OC)cccc2OC)n(-c2ccc(C(=O)O)c3c2CCCC3)n1. The summed E-state index contributed by atoms with van der Waals surface area (Å²) in [5.74, 6) is -0.414. The Morgan fingerprint density at radius 2 is 1.62 bits per heavy atom. The number of nitrogens with zero attached hydrogens (tertiary/aromatic N) is 2. The van der Waals surface area contributed by atoms with E-state index in [-0.39, 0.29) is 5.69 Å². The third kappa shape index (κ3) is 3.57. The Bertz CT molecular complexity index is 1180. The molecule has 8 nitrogen and oxygen atoms in total. The van der Waals surface area contributed by atoms with E-state index in [2.05, 4.69) is 5.10 Å². The number of hydrogen-bond acceptors (Lipinski definition) is 6. The van der Waals surface area contributed by atoms with Gasteiger partial charge in [0.05, 0.1) is 43.8 Å². The van der Waals surface area contributed by atoms with Gasteiger partial charge in [0.15, 0.2) is 5.69 Å². The monoisotopic (exact) mass is 436 g/mol. The second kappa shape index (κ2) is 8.74. The zero-order valence-electron chi connectivity index (χ0n) is 18.2. The molecule has 1 N–H and O–H groups in total. The van der Waals surface area contributed by atoms with Crippen LogP contribution in [0, 0.1) is 0 Å². The standard InChI is InChI=1S/C24H24N2O6/c1-30-20-9-6-10-21(31-2)22(20)19-13-17(24(29)32-3)25-26(19)18-12-11-16(23(27)28)14-7-4-5-8-15(14)18/h6,9-13H,4-5,7-8H2,1-3H3,(H,27,28). The van der Waals surface area contributed by atoms with E-state index >= 15 is 0 Å². The fourth-order valence-electron chi connectivity index (χ4n) is 4.30. The van der Waals surface area contributed by atoms with Crippen LogP contribution in [0.5, 0.6) is 11.5 Å². The number of esters is 1. The molecule has 0 radical (unpaired) electrons. The number of rotatable bonds is 6. The highest BCUT2D eigenvalue weighted by atomic mass is 16.5. The van der Waals surface area contributed by atoms with Crippen LogP contribution in [0.1, 0.15) is 44.8 Å². The fourth-order valence-corrected chi connectivity index (χ4v) is 4.30. The van der Waals surface area contributed by atoms with Crippen LogP contribution < -0.4 is 9.47 Å². The number of carboxylic acid groups (broad SMARTS) is 1. The van der Waals surface area contributed by atoms with Crippen molar-refractivity contribution < 1.29 is 28.9 Å². The summed E-state index contributed by atoms with van der Waals surface area (Å²) in [4.78, 5) is 24.1. The highest BCUT2D eigenvalue weighted by Crippen LogP contribution is 2.41. The number of fused-ring (bicyclic) bond motifs is 1. The van der Waals surface area contributed by atoms with Gasteiger partial charge in [-0.15, -0.1) is 0 Å². The minimum absolute atomic E-state index is 0.127. The van der Waals surface area contributed by atoms with E-state index in [1.807, 2.05) is 6.07 Å². The molecular weight excluding hydrogens is 412 g/mol. The van der Waals surface area contributed by atoms with Gasteiger partial charge in [0.1, 0.15) is 11.5 Å². The summed E-state index contributed by atoms with van der Waals surface area (Å²) in [6.45, 7) is 0. The van der Waals surface area contributed by atoms with Crippen molar-refractivity contribution in [1.29, 1.82) is 0 Å². The van der Waals surface area contributed by atoms with E-state index in [1.165, 1.54) is 7.11 Å². The zero-order valence-corrected chi connectivity index (χ0v) is 18.2. The minimum Gasteiger partial charge on any atom is -0.496 e. The van der Waals surface area contributed by atoms with Crippen LogP contribution in [0.25, 0.3) is 16.9 Å². The number of aromatic nitrogens is 2. The van der Waals surface area contributed by atoms with Crippen LogP contribution in [0.2, 0.25) is 0 Å². The third-order valence-electron chi connectivity index (χ3n) is 5.76.